The number of amides is 3. The Morgan fingerprint density at radius 2 is 0.957 bits per heavy atom. The Morgan fingerprint density at radius 1 is 0.551 bits per heavy atom. The number of methoxy groups -OCH3 is 3. The standard InChI is InChI=1S/C22H15ClF4N2O6.C21H14ClF4N3O5/c1-32-17-10-13(35-22(25,26)27)3-4-16(17)34-18-8-11(23)7-14(24)19(18)20(30)29-12-5-6-28-15(9-12)21(31)33-2;1-32-16-9-12(34-21(24,25)26)2-3-15(16)33-17-7-10(22)6-13(23)18(17)20(31)29-11-4-5-28-14(8-11)19(27)30/h3-10H,1-2H3,(H,28,29,30);2-9H,1H3,(H2,27,30)(H,28,29,31). The summed E-state index contributed by atoms with van der Waals surface area (Å²) in [7, 11) is 3.47. The highest BCUT2D eigenvalue weighted by atomic mass is 35.5. The van der Waals surface area contributed by atoms with Crippen LogP contribution >= 0.6 is 23.2 Å². The van der Waals surface area contributed by atoms with Gasteiger partial charge in [0.25, 0.3) is 17.7 Å². The van der Waals surface area contributed by atoms with Crippen LogP contribution in [-0.2, 0) is 4.74 Å². The molecule has 0 aliphatic carbocycles. The number of benzene rings is 4. The number of hydrogen-bond acceptors (Lipinski definition) is 13. The van der Waals surface area contributed by atoms with E-state index in [4.69, 9.17) is 47.9 Å². The van der Waals surface area contributed by atoms with Gasteiger partial charge in [0.2, 0.25) is 0 Å². The van der Waals surface area contributed by atoms with Crippen molar-refractivity contribution in [2.45, 2.75) is 12.7 Å². The highest BCUT2D eigenvalue weighted by molar-refractivity contribution is 6.31. The van der Waals surface area contributed by atoms with Gasteiger partial charge in [0.1, 0.15) is 57.1 Å². The molecule has 3 amide bonds. The van der Waals surface area contributed by atoms with Crippen molar-refractivity contribution in [1.29, 1.82) is 0 Å². The van der Waals surface area contributed by atoms with Crippen LogP contribution < -0.4 is 44.8 Å². The van der Waals surface area contributed by atoms with E-state index >= 15 is 0 Å². The summed E-state index contributed by atoms with van der Waals surface area (Å²) < 4.78 is 138. The van der Waals surface area contributed by atoms with Gasteiger partial charge < -0.3 is 49.5 Å². The lowest BCUT2D eigenvalue weighted by Crippen LogP contribution is -2.17. The van der Waals surface area contributed by atoms with Crippen molar-refractivity contribution in [2.24, 2.45) is 5.73 Å². The van der Waals surface area contributed by atoms with Gasteiger partial charge in [-0.2, -0.15) is 0 Å². The van der Waals surface area contributed by atoms with E-state index in [1.165, 1.54) is 36.7 Å². The van der Waals surface area contributed by atoms with E-state index in [1.807, 2.05) is 0 Å². The minimum Gasteiger partial charge on any atom is -0.493 e. The average molecular weight is 1010 g/mol. The molecular formula is C43H29Cl2F8N5O11. The van der Waals surface area contributed by atoms with E-state index in [9.17, 15) is 54.3 Å². The number of anilines is 2. The molecule has 0 atom stereocenters. The monoisotopic (exact) mass is 1010 g/mol. The van der Waals surface area contributed by atoms with Crippen LogP contribution in [0, 0.1) is 11.6 Å². The molecule has 0 saturated heterocycles. The van der Waals surface area contributed by atoms with Crippen LogP contribution in [0.15, 0.2) is 97.3 Å². The van der Waals surface area contributed by atoms with Crippen molar-refractivity contribution in [3.05, 3.63) is 142 Å². The number of alkyl halides is 6. The number of primary amides is 1. The first-order chi connectivity index (χ1) is 32.5. The quantitative estimate of drug-likeness (QED) is 0.0686. The predicted octanol–water partition coefficient (Wildman–Crippen LogP) is 10.5. The van der Waals surface area contributed by atoms with Gasteiger partial charge in [-0.15, -0.1) is 26.3 Å². The third kappa shape index (κ3) is 14.4. The Hall–Kier alpha value is -8.12. The molecule has 0 aliphatic rings. The predicted molar refractivity (Wildman–Crippen MR) is 227 cm³/mol. The average Bonchev–Trinajstić information content (AvgIpc) is 3.26. The number of hydrogen-bond donors (Lipinski definition) is 3. The minimum atomic E-state index is -4.94. The maximum Gasteiger partial charge on any atom is 0.573 e. The topological polar surface area (TPSA) is 209 Å². The molecule has 0 aliphatic heterocycles. The SMILES string of the molecule is COC(=O)c1cc(NC(=O)c2c(F)cc(Cl)cc2Oc2ccc(OC(F)(F)F)cc2OC)ccn1.COc1cc(OC(F)(F)F)ccc1Oc1cc(Cl)cc(F)c1C(=O)Nc1ccnc(C(N)=O)c1. The highest BCUT2D eigenvalue weighted by Gasteiger charge is 2.33. The van der Waals surface area contributed by atoms with Crippen molar-refractivity contribution in [1.82, 2.24) is 9.97 Å². The second-order valence-corrected chi connectivity index (χ2v) is 13.9. The normalized spacial score (nSPS) is 11.0. The molecule has 4 N–H and O–H groups in total. The highest BCUT2D eigenvalue weighted by Crippen LogP contribution is 2.41. The molecule has 0 bridgehead atoms. The number of nitrogens with zero attached hydrogens (tertiary/aromatic N) is 2. The lowest BCUT2D eigenvalue weighted by atomic mass is 10.1. The maximum atomic E-state index is 14.8. The number of carbonyl (C=O) groups excluding carboxylic acids is 4. The molecule has 26 heteroatoms. The maximum absolute atomic E-state index is 14.8. The summed E-state index contributed by atoms with van der Waals surface area (Å²) in [5.41, 5.74) is 3.92. The van der Waals surface area contributed by atoms with E-state index < -0.39 is 70.7 Å². The molecule has 16 nitrogen and oxygen atoms in total. The number of esters is 1. The number of carbonyl (C=O) groups is 4. The first-order valence-corrected chi connectivity index (χ1v) is 19.4. The molecule has 2 aromatic heterocycles. The lowest BCUT2D eigenvalue weighted by molar-refractivity contribution is -0.275. The van der Waals surface area contributed by atoms with Crippen LogP contribution in [0.3, 0.4) is 0 Å². The van der Waals surface area contributed by atoms with E-state index in [-0.39, 0.29) is 67.3 Å². The van der Waals surface area contributed by atoms with Crippen LogP contribution in [0.5, 0.6) is 46.0 Å². The molecule has 2 heterocycles. The van der Waals surface area contributed by atoms with Gasteiger partial charge in [0, 0.05) is 58.1 Å². The van der Waals surface area contributed by atoms with Gasteiger partial charge in [0.05, 0.1) is 21.3 Å². The Labute approximate surface area is 392 Å². The Morgan fingerprint density at radius 3 is 1.33 bits per heavy atom. The summed E-state index contributed by atoms with van der Waals surface area (Å²) in [5, 5.41) is 4.53. The zero-order valence-corrected chi connectivity index (χ0v) is 36.5. The van der Waals surface area contributed by atoms with Gasteiger partial charge in [0.15, 0.2) is 23.0 Å². The van der Waals surface area contributed by atoms with Crippen molar-refractivity contribution in [3.63, 3.8) is 0 Å². The fourth-order valence-corrected chi connectivity index (χ4v) is 5.94. The first-order valence-electron chi connectivity index (χ1n) is 18.6. The summed E-state index contributed by atoms with van der Waals surface area (Å²) in [6, 6.07) is 14.9. The van der Waals surface area contributed by atoms with E-state index in [0.717, 1.165) is 82.0 Å². The number of pyridine rings is 2. The van der Waals surface area contributed by atoms with Crippen LogP contribution in [-0.4, -0.2) is 67.7 Å². The molecule has 4 aromatic carbocycles. The molecule has 362 valence electrons. The van der Waals surface area contributed by atoms with Gasteiger partial charge in [-0.3, -0.25) is 19.4 Å². The van der Waals surface area contributed by atoms with Crippen LogP contribution in [0.4, 0.5) is 46.5 Å². The Bertz CT molecular complexity index is 2910. The minimum absolute atomic E-state index is 0.0836. The molecule has 0 fully saturated rings. The Kier molecular flexibility index (Phi) is 16.6. The number of rotatable bonds is 14. The van der Waals surface area contributed by atoms with E-state index in [1.54, 1.807) is 0 Å². The fourth-order valence-electron chi connectivity index (χ4n) is 5.55. The number of nitrogens with one attached hydrogen (secondary N) is 2. The summed E-state index contributed by atoms with van der Waals surface area (Å²) in [5.74, 6) is -8.29. The molecule has 69 heavy (non-hydrogen) atoms. The van der Waals surface area contributed by atoms with Crippen LogP contribution in [0.2, 0.25) is 10.0 Å². The largest absolute Gasteiger partial charge is 0.573 e. The summed E-state index contributed by atoms with van der Waals surface area (Å²) >= 11 is 11.8. The van der Waals surface area contributed by atoms with E-state index in [0.29, 0.717) is 0 Å². The molecular weight excluding hydrogens is 985 g/mol. The molecule has 0 radical (unpaired) electrons. The number of ether oxygens (including phenoxy) is 7. The van der Waals surface area contributed by atoms with Gasteiger partial charge in [-0.25, -0.2) is 18.6 Å². The smallest absolute Gasteiger partial charge is 0.493 e. The third-order valence-electron chi connectivity index (χ3n) is 8.35. The second kappa shape index (κ2) is 22.1. The molecule has 6 rings (SSSR count). The van der Waals surface area contributed by atoms with Crippen molar-refractivity contribution in [3.8, 4) is 46.0 Å². The van der Waals surface area contributed by atoms with E-state index in [2.05, 4.69) is 34.8 Å². The molecule has 0 spiro atoms. The van der Waals surface area contributed by atoms with Gasteiger partial charge >= 0.3 is 18.7 Å². The van der Waals surface area contributed by atoms with Crippen LogP contribution in [0.1, 0.15) is 41.7 Å². The molecule has 0 unspecified atom stereocenters. The third-order valence-corrected chi connectivity index (χ3v) is 8.79. The summed E-state index contributed by atoms with van der Waals surface area (Å²) in [4.78, 5) is 56.2. The molecule has 0 saturated carbocycles. The number of nitrogens with two attached hydrogens (primary N) is 1. The first kappa shape index (κ1) is 51.9. The van der Waals surface area contributed by atoms with Crippen molar-refractivity contribution in [2.75, 3.05) is 32.0 Å². The van der Waals surface area contributed by atoms with Gasteiger partial charge in [-0.1, -0.05) is 23.2 Å². The number of aromatic nitrogens is 2. The molecule has 6 aromatic rings. The van der Waals surface area contributed by atoms with Crippen molar-refractivity contribution >= 4 is 58.3 Å². The fraction of sp³-hybridized carbons (Fsp3) is 0.116. The zero-order chi connectivity index (χ0) is 50.8. The number of halogens is 10. The van der Waals surface area contributed by atoms with Crippen molar-refractivity contribution < 1.29 is 87.5 Å². The second-order valence-electron chi connectivity index (χ2n) is 13.1. The Balaban J connectivity index is 0.000000258. The lowest BCUT2D eigenvalue weighted by Gasteiger charge is -2.16. The van der Waals surface area contributed by atoms with Crippen LogP contribution in [0.25, 0.3) is 0 Å². The summed E-state index contributed by atoms with van der Waals surface area (Å²) in [6.45, 7) is 0. The zero-order valence-electron chi connectivity index (χ0n) is 35.0. The summed E-state index contributed by atoms with van der Waals surface area (Å²) in [6.07, 6.45) is -7.43. The van der Waals surface area contributed by atoms with Gasteiger partial charge in [-0.05, 0) is 60.7 Å².